The number of hydrogen-bond acceptors (Lipinski definition) is 1. The zero-order valence-corrected chi connectivity index (χ0v) is 7.69. The van der Waals surface area contributed by atoms with Crippen molar-refractivity contribution in [3.63, 3.8) is 0 Å². The van der Waals surface area contributed by atoms with Gasteiger partial charge in [0.1, 0.15) is 0 Å². The molecule has 0 aromatic rings. The fourth-order valence-corrected chi connectivity index (χ4v) is 1.33. The summed E-state index contributed by atoms with van der Waals surface area (Å²) < 4.78 is 0. The van der Waals surface area contributed by atoms with E-state index in [4.69, 9.17) is 0 Å². The van der Waals surface area contributed by atoms with Crippen LogP contribution >= 0.6 is 0 Å². The van der Waals surface area contributed by atoms with E-state index in [1.807, 2.05) is 0 Å². The first-order valence-corrected chi connectivity index (χ1v) is 4.72. The molecule has 0 aromatic carbocycles. The fraction of sp³-hybridized carbons (Fsp3) is 0.800. The molecule has 1 nitrogen and oxygen atoms in total. The van der Waals surface area contributed by atoms with Gasteiger partial charge in [-0.15, -0.1) is 0 Å². The van der Waals surface area contributed by atoms with Crippen LogP contribution in [0.2, 0.25) is 0 Å². The highest BCUT2D eigenvalue weighted by atomic mass is 14.9. The predicted molar refractivity (Wildman–Crippen MR) is 49.4 cm³/mol. The van der Waals surface area contributed by atoms with Gasteiger partial charge in [-0.3, -0.25) is 0 Å². The van der Waals surface area contributed by atoms with Crippen molar-refractivity contribution in [3.8, 4) is 0 Å². The maximum atomic E-state index is 3.48. The first-order valence-electron chi connectivity index (χ1n) is 4.72. The van der Waals surface area contributed by atoms with Gasteiger partial charge < -0.3 is 5.32 Å². The van der Waals surface area contributed by atoms with Gasteiger partial charge in [-0.2, -0.15) is 0 Å². The Kier molecular flexibility index (Phi) is 3.47. The zero-order chi connectivity index (χ0) is 8.10. The van der Waals surface area contributed by atoms with Crippen molar-refractivity contribution in [2.45, 2.75) is 39.5 Å². The molecule has 0 radical (unpaired) electrons. The van der Waals surface area contributed by atoms with E-state index in [1.165, 1.54) is 31.4 Å². The molecule has 0 heterocycles. The molecule has 0 spiro atoms. The number of allylic oxidation sites excluding steroid dienone is 2. The van der Waals surface area contributed by atoms with E-state index in [2.05, 4.69) is 25.2 Å². The van der Waals surface area contributed by atoms with E-state index in [1.54, 1.807) is 0 Å². The minimum absolute atomic E-state index is 0.762. The lowest BCUT2D eigenvalue weighted by atomic mass is 10.0. The molecule has 1 N–H and O–H groups in total. The van der Waals surface area contributed by atoms with Crippen LogP contribution in [0.5, 0.6) is 0 Å². The lowest BCUT2D eigenvalue weighted by Gasteiger charge is -2.16. The van der Waals surface area contributed by atoms with Crippen LogP contribution < -0.4 is 5.32 Å². The van der Waals surface area contributed by atoms with E-state index in [9.17, 15) is 0 Å². The molecular formula is C10H19N. The second kappa shape index (κ2) is 4.42. The van der Waals surface area contributed by atoms with E-state index in [0.717, 1.165) is 12.5 Å². The Bertz CT molecular complexity index is 136. The molecule has 11 heavy (non-hydrogen) atoms. The molecule has 0 amide bonds. The summed E-state index contributed by atoms with van der Waals surface area (Å²) in [5, 5.41) is 3.48. The second-order valence-electron chi connectivity index (χ2n) is 3.75. The monoisotopic (exact) mass is 153 g/mol. The van der Waals surface area contributed by atoms with E-state index in [0.29, 0.717) is 0 Å². The minimum atomic E-state index is 0.762. The average Bonchev–Trinajstić information content (AvgIpc) is 2.03. The Labute approximate surface area is 69.9 Å². The third-order valence-electron chi connectivity index (χ3n) is 2.03. The molecule has 64 valence electrons. The summed E-state index contributed by atoms with van der Waals surface area (Å²) >= 11 is 0. The molecule has 0 saturated heterocycles. The lowest BCUT2D eigenvalue weighted by molar-refractivity contribution is 0.562. The second-order valence-corrected chi connectivity index (χ2v) is 3.75. The minimum Gasteiger partial charge on any atom is -0.388 e. The molecule has 0 unspecified atom stereocenters. The number of rotatable bonds is 3. The first-order chi connectivity index (χ1) is 5.29. The molecule has 1 heteroatoms. The molecule has 1 aliphatic carbocycles. The van der Waals surface area contributed by atoms with Gasteiger partial charge >= 0.3 is 0 Å². The van der Waals surface area contributed by atoms with Crippen LogP contribution in [0.15, 0.2) is 11.8 Å². The van der Waals surface area contributed by atoms with Crippen LogP contribution in [0.4, 0.5) is 0 Å². The van der Waals surface area contributed by atoms with Crippen LogP contribution in [-0.4, -0.2) is 6.54 Å². The van der Waals surface area contributed by atoms with Crippen LogP contribution in [0.3, 0.4) is 0 Å². The summed E-state index contributed by atoms with van der Waals surface area (Å²) in [5.41, 5.74) is 1.48. The lowest BCUT2D eigenvalue weighted by Crippen LogP contribution is -2.20. The molecule has 0 saturated carbocycles. The number of nitrogens with one attached hydrogen (secondary N) is 1. The summed E-state index contributed by atoms with van der Waals surface area (Å²) in [7, 11) is 0. The Hall–Kier alpha value is -0.460. The van der Waals surface area contributed by atoms with Gasteiger partial charge in [-0.05, 0) is 31.6 Å². The van der Waals surface area contributed by atoms with Crippen molar-refractivity contribution in [1.29, 1.82) is 0 Å². The Morgan fingerprint density at radius 3 is 2.82 bits per heavy atom. The zero-order valence-electron chi connectivity index (χ0n) is 7.69. The van der Waals surface area contributed by atoms with Crippen molar-refractivity contribution < 1.29 is 0 Å². The highest BCUT2D eigenvalue weighted by Crippen LogP contribution is 2.14. The standard InChI is InChI=1S/C10H19N/c1-9(2)8-11-10-6-4-3-5-7-10/h6,9,11H,3-5,7-8H2,1-2H3. The van der Waals surface area contributed by atoms with Crippen molar-refractivity contribution in [2.75, 3.05) is 6.54 Å². The van der Waals surface area contributed by atoms with Gasteiger partial charge in [0, 0.05) is 12.2 Å². The Morgan fingerprint density at radius 1 is 1.45 bits per heavy atom. The molecule has 1 rings (SSSR count). The van der Waals surface area contributed by atoms with Crippen LogP contribution in [0.1, 0.15) is 39.5 Å². The molecule has 0 fully saturated rings. The topological polar surface area (TPSA) is 12.0 Å². The van der Waals surface area contributed by atoms with Gasteiger partial charge in [-0.25, -0.2) is 0 Å². The quantitative estimate of drug-likeness (QED) is 0.657. The molecule has 1 aliphatic rings. The normalized spacial score (nSPS) is 18.3. The van der Waals surface area contributed by atoms with Crippen LogP contribution in [0.25, 0.3) is 0 Å². The smallest absolute Gasteiger partial charge is 0.0166 e. The average molecular weight is 153 g/mol. The maximum Gasteiger partial charge on any atom is 0.0166 e. The van der Waals surface area contributed by atoms with E-state index in [-0.39, 0.29) is 0 Å². The summed E-state index contributed by atoms with van der Waals surface area (Å²) in [4.78, 5) is 0. The summed E-state index contributed by atoms with van der Waals surface area (Å²) in [5.74, 6) is 0.762. The molecule has 0 aliphatic heterocycles. The van der Waals surface area contributed by atoms with Crippen LogP contribution in [-0.2, 0) is 0 Å². The molecular weight excluding hydrogens is 134 g/mol. The van der Waals surface area contributed by atoms with Gasteiger partial charge in [0.05, 0.1) is 0 Å². The predicted octanol–water partition coefficient (Wildman–Crippen LogP) is 2.69. The van der Waals surface area contributed by atoms with Crippen molar-refractivity contribution >= 4 is 0 Å². The van der Waals surface area contributed by atoms with Gasteiger partial charge in [-0.1, -0.05) is 19.9 Å². The highest BCUT2D eigenvalue weighted by molar-refractivity contribution is 5.02. The van der Waals surface area contributed by atoms with E-state index >= 15 is 0 Å². The largest absolute Gasteiger partial charge is 0.388 e. The summed E-state index contributed by atoms with van der Waals surface area (Å²) in [6, 6.07) is 0. The van der Waals surface area contributed by atoms with E-state index < -0.39 is 0 Å². The Morgan fingerprint density at radius 2 is 2.27 bits per heavy atom. The SMILES string of the molecule is CC(C)CNC1=CCCCC1. The first kappa shape index (κ1) is 8.63. The molecule has 0 atom stereocenters. The third kappa shape index (κ3) is 3.45. The van der Waals surface area contributed by atoms with Gasteiger partial charge in [0.2, 0.25) is 0 Å². The van der Waals surface area contributed by atoms with Crippen molar-refractivity contribution in [3.05, 3.63) is 11.8 Å². The van der Waals surface area contributed by atoms with Crippen molar-refractivity contribution in [2.24, 2.45) is 5.92 Å². The van der Waals surface area contributed by atoms with Crippen molar-refractivity contribution in [1.82, 2.24) is 5.32 Å². The van der Waals surface area contributed by atoms with Gasteiger partial charge in [0.25, 0.3) is 0 Å². The summed E-state index contributed by atoms with van der Waals surface area (Å²) in [6.07, 6.45) is 7.66. The maximum absolute atomic E-state index is 3.48. The molecule has 0 bridgehead atoms. The fourth-order valence-electron chi connectivity index (χ4n) is 1.33. The Balaban J connectivity index is 2.19. The van der Waals surface area contributed by atoms with Crippen LogP contribution in [0, 0.1) is 5.92 Å². The molecule has 0 aromatic heterocycles. The van der Waals surface area contributed by atoms with Gasteiger partial charge in [0.15, 0.2) is 0 Å². The number of hydrogen-bond donors (Lipinski definition) is 1. The summed E-state index contributed by atoms with van der Waals surface area (Å²) in [6.45, 7) is 5.62. The highest BCUT2D eigenvalue weighted by Gasteiger charge is 2.02. The third-order valence-corrected chi connectivity index (χ3v) is 2.03.